The molecule has 1 fully saturated rings. The Bertz CT molecular complexity index is 821. The van der Waals surface area contributed by atoms with Crippen molar-refractivity contribution in [1.82, 2.24) is 15.0 Å². The zero-order chi connectivity index (χ0) is 16.4. The Balaban J connectivity index is 1.54. The molecular formula is C18H17BrN4O. The molecule has 0 spiro atoms. The number of rotatable bonds is 4. The van der Waals surface area contributed by atoms with Crippen LogP contribution in [0.5, 0.6) is 0 Å². The molecule has 1 aliphatic rings. The molecule has 1 aromatic heterocycles. The van der Waals surface area contributed by atoms with Gasteiger partial charge < -0.3 is 9.64 Å². The average Bonchev–Trinajstić information content (AvgIpc) is 3.24. The van der Waals surface area contributed by atoms with Crippen LogP contribution in [0.4, 0.5) is 5.69 Å². The van der Waals surface area contributed by atoms with Gasteiger partial charge in [-0.05, 0) is 29.8 Å². The molecule has 0 N–H and O–H groups in total. The Kier molecular flexibility index (Phi) is 4.32. The van der Waals surface area contributed by atoms with Gasteiger partial charge in [-0.25, -0.2) is 4.68 Å². The van der Waals surface area contributed by atoms with E-state index in [-0.39, 0.29) is 6.23 Å². The number of para-hydroxylation sites is 1. The summed E-state index contributed by atoms with van der Waals surface area (Å²) in [7, 11) is 0. The number of ether oxygens (including phenoxy) is 1. The van der Waals surface area contributed by atoms with Crippen molar-refractivity contribution in [3.63, 3.8) is 0 Å². The normalized spacial score (nSPS) is 17.4. The second-order valence-electron chi connectivity index (χ2n) is 5.72. The van der Waals surface area contributed by atoms with Crippen LogP contribution < -0.4 is 4.90 Å². The van der Waals surface area contributed by atoms with Crippen molar-refractivity contribution in [2.75, 3.05) is 18.1 Å². The standard InChI is InChI=1S/C18H17BrN4O/c19-15-6-4-5-14(11-15)12-22-13-17(20-21-22)18-23(9-10-24-18)16-7-2-1-3-8-16/h1-8,11,13,18H,9-10,12H2. The second-order valence-corrected chi connectivity index (χ2v) is 6.64. The van der Waals surface area contributed by atoms with E-state index in [2.05, 4.69) is 55.4 Å². The highest BCUT2D eigenvalue weighted by Gasteiger charge is 2.29. The number of hydrogen-bond donors (Lipinski definition) is 0. The summed E-state index contributed by atoms with van der Waals surface area (Å²) in [6.07, 6.45) is 1.79. The Labute approximate surface area is 149 Å². The monoisotopic (exact) mass is 384 g/mol. The van der Waals surface area contributed by atoms with Crippen molar-refractivity contribution in [3.8, 4) is 0 Å². The largest absolute Gasteiger partial charge is 0.350 e. The van der Waals surface area contributed by atoms with E-state index in [1.807, 2.05) is 41.2 Å². The summed E-state index contributed by atoms with van der Waals surface area (Å²) >= 11 is 3.50. The number of nitrogens with zero attached hydrogens (tertiary/aromatic N) is 4. The van der Waals surface area contributed by atoms with Crippen LogP contribution in [0, 0.1) is 0 Å². The Morgan fingerprint density at radius 3 is 2.83 bits per heavy atom. The highest BCUT2D eigenvalue weighted by molar-refractivity contribution is 9.10. The van der Waals surface area contributed by atoms with Crippen LogP contribution in [0.3, 0.4) is 0 Å². The lowest BCUT2D eigenvalue weighted by atomic mass is 10.2. The van der Waals surface area contributed by atoms with E-state index in [1.54, 1.807) is 0 Å². The molecule has 0 amide bonds. The zero-order valence-corrected chi connectivity index (χ0v) is 14.6. The highest BCUT2D eigenvalue weighted by Crippen LogP contribution is 2.30. The first kappa shape index (κ1) is 15.4. The van der Waals surface area contributed by atoms with Gasteiger partial charge in [0.25, 0.3) is 0 Å². The minimum atomic E-state index is -0.177. The van der Waals surface area contributed by atoms with Crippen LogP contribution in [0.1, 0.15) is 17.5 Å². The molecule has 24 heavy (non-hydrogen) atoms. The van der Waals surface area contributed by atoms with Gasteiger partial charge in [-0.2, -0.15) is 0 Å². The van der Waals surface area contributed by atoms with Gasteiger partial charge in [0.2, 0.25) is 0 Å². The fraction of sp³-hybridized carbons (Fsp3) is 0.222. The van der Waals surface area contributed by atoms with Gasteiger partial charge >= 0.3 is 0 Å². The van der Waals surface area contributed by atoms with Gasteiger partial charge in [0.05, 0.1) is 19.3 Å². The summed E-state index contributed by atoms with van der Waals surface area (Å²) in [6.45, 7) is 2.23. The third-order valence-corrected chi connectivity index (χ3v) is 4.52. The van der Waals surface area contributed by atoms with Gasteiger partial charge in [-0.1, -0.05) is 51.5 Å². The number of benzene rings is 2. The van der Waals surface area contributed by atoms with Crippen LogP contribution in [-0.2, 0) is 11.3 Å². The van der Waals surface area contributed by atoms with Crippen LogP contribution in [0.25, 0.3) is 0 Å². The lowest BCUT2D eigenvalue weighted by Crippen LogP contribution is -2.23. The molecule has 2 heterocycles. The molecule has 3 aromatic rings. The molecule has 0 saturated carbocycles. The molecule has 1 aliphatic heterocycles. The molecule has 4 rings (SSSR count). The maximum Gasteiger partial charge on any atom is 0.177 e. The SMILES string of the molecule is Brc1cccc(Cn2cc(C3OCCN3c3ccccc3)nn2)c1. The van der Waals surface area contributed by atoms with E-state index >= 15 is 0 Å². The van der Waals surface area contributed by atoms with E-state index in [9.17, 15) is 0 Å². The molecule has 1 saturated heterocycles. The summed E-state index contributed by atoms with van der Waals surface area (Å²) in [4.78, 5) is 2.22. The van der Waals surface area contributed by atoms with E-state index in [4.69, 9.17) is 4.74 Å². The molecule has 0 aliphatic carbocycles. The van der Waals surface area contributed by atoms with Crippen molar-refractivity contribution < 1.29 is 4.74 Å². The summed E-state index contributed by atoms with van der Waals surface area (Å²) in [5, 5.41) is 8.59. The number of anilines is 1. The zero-order valence-electron chi connectivity index (χ0n) is 13.0. The molecule has 1 atom stereocenters. The third kappa shape index (κ3) is 3.20. The lowest BCUT2D eigenvalue weighted by molar-refractivity contribution is 0.110. The first-order valence-corrected chi connectivity index (χ1v) is 8.67. The molecule has 0 bridgehead atoms. The van der Waals surface area contributed by atoms with Crippen molar-refractivity contribution in [2.24, 2.45) is 0 Å². The fourth-order valence-electron chi connectivity index (χ4n) is 2.93. The quantitative estimate of drug-likeness (QED) is 0.688. The van der Waals surface area contributed by atoms with Crippen molar-refractivity contribution in [2.45, 2.75) is 12.8 Å². The molecule has 6 heteroatoms. The van der Waals surface area contributed by atoms with Crippen molar-refractivity contribution >= 4 is 21.6 Å². The number of hydrogen-bond acceptors (Lipinski definition) is 4. The number of halogens is 1. The second kappa shape index (κ2) is 6.75. The van der Waals surface area contributed by atoms with Gasteiger partial charge in [-0.3, -0.25) is 0 Å². The van der Waals surface area contributed by atoms with E-state index in [0.29, 0.717) is 13.2 Å². The molecule has 122 valence electrons. The minimum absolute atomic E-state index is 0.177. The molecule has 2 aromatic carbocycles. The summed E-state index contributed by atoms with van der Waals surface area (Å²) in [5.41, 5.74) is 3.15. The minimum Gasteiger partial charge on any atom is -0.350 e. The van der Waals surface area contributed by atoms with E-state index < -0.39 is 0 Å². The fourth-order valence-corrected chi connectivity index (χ4v) is 3.37. The van der Waals surface area contributed by atoms with E-state index in [1.165, 1.54) is 5.56 Å². The van der Waals surface area contributed by atoms with Gasteiger partial charge in [0.15, 0.2) is 6.23 Å². The number of aromatic nitrogens is 3. The van der Waals surface area contributed by atoms with Gasteiger partial charge in [0.1, 0.15) is 5.69 Å². The Morgan fingerprint density at radius 1 is 1.12 bits per heavy atom. The van der Waals surface area contributed by atoms with Crippen molar-refractivity contribution in [3.05, 3.63) is 76.5 Å². The summed E-state index contributed by atoms with van der Waals surface area (Å²) in [6, 6.07) is 18.5. The Morgan fingerprint density at radius 2 is 2.00 bits per heavy atom. The topological polar surface area (TPSA) is 43.2 Å². The summed E-state index contributed by atoms with van der Waals surface area (Å²) in [5.74, 6) is 0. The van der Waals surface area contributed by atoms with Crippen LogP contribution in [-0.4, -0.2) is 28.1 Å². The highest BCUT2D eigenvalue weighted by atomic mass is 79.9. The smallest absolute Gasteiger partial charge is 0.177 e. The molecule has 0 radical (unpaired) electrons. The average molecular weight is 385 g/mol. The predicted octanol–water partition coefficient (Wildman–Crippen LogP) is 3.62. The first-order chi connectivity index (χ1) is 11.8. The third-order valence-electron chi connectivity index (χ3n) is 4.02. The van der Waals surface area contributed by atoms with Gasteiger partial charge in [-0.15, -0.1) is 5.10 Å². The van der Waals surface area contributed by atoms with Crippen molar-refractivity contribution in [1.29, 1.82) is 0 Å². The molecular weight excluding hydrogens is 368 g/mol. The molecule has 1 unspecified atom stereocenters. The van der Waals surface area contributed by atoms with Crippen LogP contribution >= 0.6 is 15.9 Å². The Hall–Kier alpha value is -2.18. The van der Waals surface area contributed by atoms with Gasteiger partial charge in [0, 0.05) is 16.7 Å². The van der Waals surface area contributed by atoms with Crippen LogP contribution in [0.2, 0.25) is 0 Å². The predicted molar refractivity (Wildman–Crippen MR) is 95.7 cm³/mol. The summed E-state index contributed by atoms with van der Waals surface area (Å²) < 4.78 is 8.81. The van der Waals surface area contributed by atoms with E-state index in [0.717, 1.165) is 22.4 Å². The first-order valence-electron chi connectivity index (χ1n) is 7.87. The maximum atomic E-state index is 5.89. The maximum absolute atomic E-state index is 5.89. The lowest BCUT2D eigenvalue weighted by Gasteiger charge is -2.23. The molecule has 5 nitrogen and oxygen atoms in total. The van der Waals surface area contributed by atoms with Crippen LogP contribution in [0.15, 0.2) is 65.3 Å².